The Morgan fingerprint density at radius 3 is 2.69 bits per heavy atom. The summed E-state index contributed by atoms with van der Waals surface area (Å²) < 4.78 is 13.1. The van der Waals surface area contributed by atoms with Crippen molar-refractivity contribution in [3.05, 3.63) is 35.1 Å². The van der Waals surface area contributed by atoms with Crippen LogP contribution in [0.15, 0.2) is 18.2 Å². The molecule has 0 atom stereocenters. The summed E-state index contributed by atoms with van der Waals surface area (Å²) in [6, 6.07) is 5.15. The average Bonchev–Trinajstić information content (AvgIpc) is 2.22. The minimum absolute atomic E-state index is 0.150. The first kappa shape index (κ1) is 13.1. The van der Waals surface area contributed by atoms with Gasteiger partial charge in [-0.2, -0.15) is 0 Å². The zero-order valence-corrected chi connectivity index (χ0v) is 10.4. The number of likely N-dealkylation sites (N-methyl/N-ethyl adjacent to an activating group) is 1. The first-order chi connectivity index (χ1) is 7.61. The minimum atomic E-state index is -0.150. The zero-order chi connectivity index (χ0) is 12.0. The highest BCUT2D eigenvalue weighted by Crippen LogP contribution is 2.07. The number of nitrogens with zero attached hydrogens (tertiary/aromatic N) is 1. The summed E-state index contributed by atoms with van der Waals surface area (Å²) in [5, 5.41) is 3.31. The van der Waals surface area contributed by atoms with Crippen LogP contribution >= 0.6 is 0 Å². The molecule has 0 saturated carbocycles. The largest absolute Gasteiger partial charge is 0.311 e. The van der Waals surface area contributed by atoms with E-state index >= 15 is 0 Å². The van der Waals surface area contributed by atoms with Crippen molar-refractivity contribution in [1.82, 2.24) is 10.2 Å². The molecule has 0 saturated heterocycles. The number of hydrogen-bond acceptors (Lipinski definition) is 2. The van der Waals surface area contributed by atoms with Crippen molar-refractivity contribution in [1.29, 1.82) is 0 Å². The molecule has 0 aliphatic heterocycles. The SMILES string of the molecule is CCN(C)CCNCc1cc(C)cc(F)c1. The second kappa shape index (κ2) is 6.61. The molecule has 0 aromatic heterocycles. The standard InChI is InChI=1S/C13H21FN2/c1-4-16(3)6-5-15-10-12-7-11(2)8-13(14)9-12/h7-9,15H,4-6,10H2,1-3H3. The lowest BCUT2D eigenvalue weighted by Gasteiger charge is -2.14. The van der Waals surface area contributed by atoms with E-state index in [1.807, 2.05) is 13.0 Å². The van der Waals surface area contributed by atoms with Gasteiger partial charge in [0.25, 0.3) is 0 Å². The van der Waals surface area contributed by atoms with Crippen LogP contribution in [-0.2, 0) is 6.54 Å². The summed E-state index contributed by atoms with van der Waals surface area (Å²) in [6.07, 6.45) is 0. The molecule has 16 heavy (non-hydrogen) atoms. The molecular formula is C13H21FN2. The van der Waals surface area contributed by atoms with Crippen LogP contribution in [0.25, 0.3) is 0 Å². The van der Waals surface area contributed by atoms with E-state index in [0.29, 0.717) is 0 Å². The van der Waals surface area contributed by atoms with Gasteiger partial charge in [0.05, 0.1) is 0 Å². The Bertz CT molecular complexity index is 305. The zero-order valence-electron chi connectivity index (χ0n) is 10.4. The summed E-state index contributed by atoms with van der Waals surface area (Å²) in [6.45, 7) is 7.79. The second-order valence-electron chi connectivity index (χ2n) is 4.21. The fraction of sp³-hybridized carbons (Fsp3) is 0.538. The third-order valence-electron chi connectivity index (χ3n) is 2.64. The van der Waals surface area contributed by atoms with Crippen LogP contribution in [0, 0.1) is 12.7 Å². The fourth-order valence-electron chi connectivity index (χ4n) is 1.57. The Labute approximate surface area is 97.5 Å². The lowest BCUT2D eigenvalue weighted by molar-refractivity contribution is 0.349. The van der Waals surface area contributed by atoms with E-state index in [-0.39, 0.29) is 5.82 Å². The molecule has 0 unspecified atom stereocenters. The first-order valence-electron chi connectivity index (χ1n) is 5.77. The molecular weight excluding hydrogens is 203 g/mol. The van der Waals surface area contributed by atoms with E-state index in [4.69, 9.17) is 0 Å². The summed E-state index contributed by atoms with van der Waals surface area (Å²) in [4.78, 5) is 2.24. The Kier molecular flexibility index (Phi) is 5.43. The third-order valence-corrected chi connectivity index (χ3v) is 2.64. The van der Waals surface area contributed by atoms with E-state index in [0.717, 1.165) is 37.3 Å². The van der Waals surface area contributed by atoms with Gasteiger partial charge in [-0.1, -0.05) is 13.0 Å². The molecule has 1 aromatic carbocycles. The van der Waals surface area contributed by atoms with Crippen LogP contribution in [0.1, 0.15) is 18.1 Å². The minimum Gasteiger partial charge on any atom is -0.311 e. The Balaban J connectivity index is 2.32. The molecule has 3 heteroatoms. The number of halogens is 1. The van der Waals surface area contributed by atoms with E-state index in [1.54, 1.807) is 12.1 Å². The van der Waals surface area contributed by atoms with Gasteiger partial charge in [-0.25, -0.2) is 4.39 Å². The number of benzene rings is 1. The van der Waals surface area contributed by atoms with Gasteiger partial charge in [-0.15, -0.1) is 0 Å². The molecule has 0 amide bonds. The highest BCUT2D eigenvalue weighted by Gasteiger charge is 1.98. The molecule has 0 aliphatic carbocycles. The molecule has 0 bridgehead atoms. The van der Waals surface area contributed by atoms with Crippen molar-refractivity contribution >= 4 is 0 Å². The van der Waals surface area contributed by atoms with Gasteiger partial charge >= 0.3 is 0 Å². The number of rotatable bonds is 6. The van der Waals surface area contributed by atoms with Gasteiger partial charge in [0.1, 0.15) is 5.82 Å². The first-order valence-corrected chi connectivity index (χ1v) is 5.77. The van der Waals surface area contributed by atoms with Crippen LogP contribution in [0.4, 0.5) is 4.39 Å². The van der Waals surface area contributed by atoms with Crippen molar-refractivity contribution in [2.75, 3.05) is 26.7 Å². The lowest BCUT2D eigenvalue weighted by atomic mass is 10.1. The molecule has 0 fully saturated rings. The molecule has 90 valence electrons. The molecule has 2 nitrogen and oxygen atoms in total. The van der Waals surface area contributed by atoms with Crippen LogP contribution in [-0.4, -0.2) is 31.6 Å². The highest BCUT2D eigenvalue weighted by atomic mass is 19.1. The third kappa shape index (κ3) is 4.73. The Morgan fingerprint density at radius 2 is 2.06 bits per heavy atom. The van der Waals surface area contributed by atoms with Crippen LogP contribution in [0.3, 0.4) is 0 Å². The van der Waals surface area contributed by atoms with Gasteiger partial charge in [-0.05, 0) is 43.8 Å². The van der Waals surface area contributed by atoms with Gasteiger partial charge < -0.3 is 10.2 Å². The van der Waals surface area contributed by atoms with E-state index < -0.39 is 0 Å². The molecule has 0 heterocycles. The van der Waals surface area contributed by atoms with E-state index in [2.05, 4.69) is 24.2 Å². The fourth-order valence-corrected chi connectivity index (χ4v) is 1.57. The molecule has 1 rings (SSSR count). The summed E-state index contributed by atoms with van der Waals surface area (Å²) in [7, 11) is 2.09. The molecule has 0 aliphatic rings. The maximum absolute atomic E-state index is 13.1. The summed E-state index contributed by atoms with van der Waals surface area (Å²) >= 11 is 0. The van der Waals surface area contributed by atoms with Crippen LogP contribution < -0.4 is 5.32 Å². The Hall–Kier alpha value is -0.930. The van der Waals surface area contributed by atoms with Crippen LogP contribution in [0.5, 0.6) is 0 Å². The van der Waals surface area contributed by atoms with Crippen molar-refractivity contribution in [2.24, 2.45) is 0 Å². The molecule has 0 radical (unpaired) electrons. The number of nitrogens with one attached hydrogen (secondary N) is 1. The lowest BCUT2D eigenvalue weighted by Crippen LogP contribution is -2.28. The van der Waals surface area contributed by atoms with Gasteiger partial charge in [0.15, 0.2) is 0 Å². The average molecular weight is 224 g/mol. The Morgan fingerprint density at radius 1 is 1.31 bits per heavy atom. The maximum atomic E-state index is 13.1. The topological polar surface area (TPSA) is 15.3 Å². The normalized spacial score (nSPS) is 11.1. The van der Waals surface area contributed by atoms with Crippen molar-refractivity contribution < 1.29 is 4.39 Å². The van der Waals surface area contributed by atoms with Crippen molar-refractivity contribution in [3.8, 4) is 0 Å². The molecule has 1 N–H and O–H groups in total. The quantitative estimate of drug-likeness (QED) is 0.745. The van der Waals surface area contributed by atoms with Crippen molar-refractivity contribution in [2.45, 2.75) is 20.4 Å². The second-order valence-corrected chi connectivity index (χ2v) is 4.21. The van der Waals surface area contributed by atoms with Crippen molar-refractivity contribution in [3.63, 3.8) is 0 Å². The number of aryl methyl sites for hydroxylation is 1. The predicted molar refractivity (Wildman–Crippen MR) is 66.0 cm³/mol. The summed E-state index contributed by atoms with van der Waals surface area (Å²) in [5.74, 6) is -0.150. The monoisotopic (exact) mass is 224 g/mol. The molecule has 1 aromatic rings. The summed E-state index contributed by atoms with van der Waals surface area (Å²) in [5.41, 5.74) is 1.99. The van der Waals surface area contributed by atoms with Crippen LogP contribution in [0.2, 0.25) is 0 Å². The van der Waals surface area contributed by atoms with Gasteiger partial charge in [0.2, 0.25) is 0 Å². The predicted octanol–water partition coefficient (Wildman–Crippen LogP) is 2.18. The maximum Gasteiger partial charge on any atom is 0.123 e. The van der Waals surface area contributed by atoms with Gasteiger partial charge in [-0.3, -0.25) is 0 Å². The molecule has 0 spiro atoms. The number of hydrogen-bond donors (Lipinski definition) is 1. The highest BCUT2D eigenvalue weighted by molar-refractivity contribution is 5.23. The smallest absolute Gasteiger partial charge is 0.123 e. The van der Waals surface area contributed by atoms with Gasteiger partial charge in [0, 0.05) is 19.6 Å². The van der Waals surface area contributed by atoms with E-state index in [1.165, 1.54) is 0 Å². The van der Waals surface area contributed by atoms with E-state index in [9.17, 15) is 4.39 Å².